The second kappa shape index (κ2) is 8.19. The Labute approximate surface area is 199 Å². The number of H-pyrrole nitrogens is 1. The zero-order valence-corrected chi connectivity index (χ0v) is 19.4. The molecule has 4 N–H and O–H groups in total. The van der Waals surface area contributed by atoms with Crippen molar-refractivity contribution < 1.29 is 17.9 Å². The molecule has 2 aromatic heterocycles. The molecule has 1 aliphatic rings. The van der Waals surface area contributed by atoms with Crippen molar-refractivity contribution in [2.24, 2.45) is 0 Å². The number of pyridine rings is 1. The summed E-state index contributed by atoms with van der Waals surface area (Å²) in [7, 11) is -3.96. The van der Waals surface area contributed by atoms with Crippen molar-refractivity contribution in [2.45, 2.75) is 11.8 Å². The van der Waals surface area contributed by atoms with Gasteiger partial charge in [-0.25, -0.2) is 13.4 Å². The van der Waals surface area contributed by atoms with Crippen LogP contribution in [0.3, 0.4) is 0 Å². The van der Waals surface area contributed by atoms with Gasteiger partial charge in [-0.1, -0.05) is 11.6 Å². The molecular formula is C22H19ClN6O4S. The van der Waals surface area contributed by atoms with Crippen molar-refractivity contribution >= 4 is 55.8 Å². The number of aromatic amines is 1. The van der Waals surface area contributed by atoms with Crippen molar-refractivity contribution in [3.05, 3.63) is 53.6 Å². The van der Waals surface area contributed by atoms with E-state index in [0.717, 1.165) is 0 Å². The van der Waals surface area contributed by atoms with E-state index in [1.165, 1.54) is 30.0 Å². The second-order valence-electron chi connectivity index (χ2n) is 7.65. The number of amides is 1. The predicted octanol–water partition coefficient (Wildman–Crippen LogP) is 3.41. The average Bonchev–Trinajstić information content (AvgIpc) is 3.18. The molecule has 0 bridgehead atoms. The van der Waals surface area contributed by atoms with Gasteiger partial charge < -0.3 is 15.4 Å². The lowest BCUT2D eigenvalue weighted by Crippen LogP contribution is -2.36. The topological polar surface area (TPSA) is 143 Å². The third-order valence-corrected chi connectivity index (χ3v) is 7.11. The fourth-order valence-electron chi connectivity index (χ4n) is 3.76. The molecule has 0 fully saturated rings. The number of rotatable bonds is 4. The molecule has 0 saturated carbocycles. The molecular weight excluding hydrogens is 480 g/mol. The Morgan fingerprint density at radius 1 is 1.21 bits per heavy atom. The first-order valence-electron chi connectivity index (χ1n) is 10.2. The van der Waals surface area contributed by atoms with Gasteiger partial charge in [0.1, 0.15) is 17.9 Å². The standard InChI is InChI=1S/C22H19ClN6O4S/c1-12(30)29-8-9-33-20-7-3-14(11-19(20)29)34(31,32)28-13-2-4-15(16(23)10-13)17-5-6-18-21(25-17)22(24)27-26-18/h2-7,10-11,28H,8-9H2,1H3,(H3,24,26,27). The van der Waals surface area contributed by atoms with Gasteiger partial charge in [-0.3, -0.25) is 14.6 Å². The van der Waals surface area contributed by atoms with Gasteiger partial charge >= 0.3 is 0 Å². The van der Waals surface area contributed by atoms with Crippen LogP contribution in [0.1, 0.15) is 6.92 Å². The number of ether oxygens (including phenoxy) is 1. The number of carbonyl (C=O) groups excluding carboxylic acids is 1. The highest BCUT2D eigenvalue weighted by atomic mass is 35.5. The van der Waals surface area contributed by atoms with Crippen molar-refractivity contribution in [2.75, 3.05) is 28.5 Å². The highest BCUT2D eigenvalue weighted by Crippen LogP contribution is 2.35. The van der Waals surface area contributed by atoms with Crippen LogP contribution in [-0.4, -0.2) is 42.7 Å². The van der Waals surface area contributed by atoms with Crippen LogP contribution in [-0.2, 0) is 14.8 Å². The summed E-state index contributed by atoms with van der Waals surface area (Å²) in [5.74, 6) is 0.532. The highest BCUT2D eigenvalue weighted by molar-refractivity contribution is 7.92. The number of fused-ring (bicyclic) bond motifs is 2. The lowest BCUT2D eigenvalue weighted by atomic mass is 10.1. The SMILES string of the molecule is CC(=O)N1CCOc2ccc(S(=O)(=O)Nc3ccc(-c4ccc5[nH]nc(N)c5n4)c(Cl)c3)cc21. The molecule has 0 radical (unpaired) electrons. The lowest BCUT2D eigenvalue weighted by Gasteiger charge is -2.29. The summed E-state index contributed by atoms with van der Waals surface area (Å²) in [5, 5.41) is 7.01. The Bertz CT molecular complexity index is 1550. The monoisotopic (exact) mass is 498 g/mol. The van der Waals surface area contributed by atoms with Crippen LogP contribution < -0.4 is 20.1 Å². The van der Waals surface area contributed by atoms with Crippen LogP contribution in [0.4, 0.5) is 17.2 Å². The number of hydrogen-bond acceptors (Lipinski definition) is 7. The summed E-state index contributed by atoms with van der Waals surface area (Å²) < 4.78 is 34.2. The van der Waals surface area contributed by atoms with Gasteiger partial charge in [0.25, 0.3) is 10.0 Å². The zero-order chi connectivity index (χ0) is 24.0. The molecule has 174 valence electrons. The molecule has 0 spiro atoms. The number of nitrogens with one attached hydrogen (secondary N) is 2. The molecule has 4 aromatic rings. The fraction of sp³-hybridized carbons (Fsp3) is 0.136. The highest BCUT2D eigenvalue weighted by Gasteiger charge is 2.25. The number of aromatic nitrogens is 3. The van der Waals surface area contributed by atoms with E-state index in [0.29, 0.717) is 51.9 Å². The summed E-state index contributed by atoms with van der Waals surface area (Å²) in [6.45, 7) is 2.11. The molecule has 5 rings (SSSR count). The molecule has 34 heavy (non-hydrogen) atoms. The largest absolute Gasteiger partial charge is 0.490 e. The van der Waals surface area contributed by atoms with Crippen LogP contribution in [0, 0.1) is 0 Å². The van der Waals surface area contributed by atoms with E-state index >= 15 is 0 Å². The number of hydrogen-bond donors (Lipinski definition) is 3. The first-order chi connectivity index (χ1) is 16.2. The van der Waals surface area contributed by atoms with Crippen LogP contribution in [0.5, 0.6) is 5.75 Å². The van der Waals surface area contributed by atoms with E-state index in [9.17, 15) is 13.2 Å². The summed E-state index contributed by atoms with van der Waals surface area (Å²) in [6, 6.07) is 12.7. The molecule has 1 aliphatic heterocycles. The molecule has 12 heteroatoms. The van der Waals surface area contributed by atoms with E-state index in [4.69, 9.17) is 22.1 Å². The summed E-state index contributed by atoms with van der Waals surface area (Å²) in [4.78, 5) is 17.9. The van der Waals surface area contributed by atoms with Gasteiger partial charge in [0.05, 0.1) is 39.0 Å². The third kappa shape index (κ3) is 3.88. The number of carbonyl (C=O) groups is 1. The van der Waals surface area contributed by atoms with Crippen molar-refractivity contribution in [3.8, 4) is 17.0 Å². The van der Waals surface area contributed by atoms with Crippen LogP contribution in [0.25, 0.3) is 22.3 Å². The maximum Gasteiger partial charge on any atom is 0.261 e. The molecule has 10 nitrogen and oxygen atoms in total. The normalized spacial score (nSPS) is 13.4. The van der Waals surface area contributed by atoms with E-state index < -0.39 is 10.0 Å². The van der Waals surface area contributed by atoms with Crippen LogP contribution >= 0.6 is 11.6 Å². The van der Waals surface area contributed by atoms with E-state index in [1.54, 1.807) is 30.3 Å². The molecule has 0 aliphatic carbocycles. The average molecular weight is 499 g/mol. The number of anilines is 3. The predicted molar refractivity (Wildman–Crippen MR) is 130 cm³/mol. The van der Waals surface area contributed by atoms with E-state index in [2.05, 4.69) is 19.9 Å². The van der Waals surface area contributed by atoms with Crippen LogP contribution in [0.15, 0.2) is 53.4 Å². The number of nitrogen functional groups attached to an aromatic ring is 1. The molecule has 0 saturated heterocycles. The molecule has 3 heterocycles. The van der Waals surface area contributed by atoms with Gasteiger partial charge in [-0.2, -0.15) is 5.10 Å². The maximum atomic E-state index is 13.0. The molecule has 0 atom stereocenters. The Morgan fingerprint density at radius 2 is 2.03 bits per heavy atom. The van der Waals surface area contributed by atoms with Gasteiger partial charge in [-0.05, 0) is 48.5 Å². The van der Waals surface area contributed by atoms with Crippen molar-refractivity contribution in [1.29, 1.82) is 0 Å². The first-order valence-corrected chi connectivity index (χ1v) is 12.1. The Balaban J connectivity index is 1.44. The third-order valence-electron chi connectivity index (χ3n) is 5.42. The fourth-order valence-corrected chi connectivity index (χ4v) is 5.11. The van der Waals surface area contributed by atoms with Gasteiger partial charge in [0.15, 0.2) is 5.82 Å². The zero-order valence-electron chi connectivity index (χ0n) is 17.9. The summed E-state index contributed by atoms with van der Waals surface area (Å²) in [6.07, 6.45) is 0. The molecule has 1 amide bonds. The molecule has 2 aromatic carbocycles. The first kappa shape index (κ1) is 22.0. The van der Waals surface area contributed by atoms with Gasteiger partial charge in [0, 0.05) is 12.5 Å². The maximum absolute atomic E-state index is 13.0. The second-order valence-corrected chi connectivity index (χ2v) is 9.74. The number of benzene rings is 2. The quantitative estimate of drug-likeness (QED) is 0.391. The minimum atomic E-state index is -3.96. The number of nitrogens with zero attached hydrogens (tertiary/aromatic N) is 3. The molecule has 0 unspecified atom stereocenters. The van der Waals surface area contributed by atoms with Gasteiger partial charge in [-0.15, -0.1) is 0 Å². The number of nitrogens with two attached hydrogens (primary N) is 1. The van der Waals surface area contributed by atoms with Gasteiger partial charge in [0.2, 0.25) is 5.91 Å². The lowest BCUT2D eigenvalue weighted by molar-refractivity contribution is -0.116. The smallest absolute Gasteiger partial charge is 0.261 e. The number of halogens is 1. The number of sulfonamides is 1. The Hall–Kier alpha value is -3.83. The Kier molecular flexibility index (Phi) is 5.29. The minimum absolute atomic E-state index is 0.00856. The van der Waals surface area contributed by atoms with Crippen LogP contribution in [0.2, 0.25) is 5.02 Å². The van der Waals surface area contributed by atoms with E-state index in [-0.39, 0.29) is 22.3 Å². The van der Waals surface area contributed by atoms with Crippen molar-refractivity contribution in [1.82, 2.24) is 15.2 Å². The Morgan fingerprint density at radius 3 is 2.79 bits per heavy atom. The van der Waals surface area contributed by atoms with E-state index in [1.807, 2.05) is 0 Å². The summed E-state index contributed by atoms with van der Waals surface area (Å²) >= 11 is 6.46. The minimum Gasteiger partial charge on any atom is -0.490 e. The van der Waals surface area contributed by atoms with Crippen molar-refractivity contribution in [3.63, 3.8) is 0 Å². The summed E-state index contributed by atoms with van der Waals surface area (Å²) in [5.41, 5.74) is 8.91.